The molecule has 0 aromatic heterocycles. The first kappa shape index (κ1) is 16.3. The van der Waals surface area contributed by atoms with E-state index >= 15 is 0 Å². The average molecular weight is 354 g/mol. The van der Waals surface area contributed by atoms with Crippen LogP contribution in [0.1, 0.15) is 58.3 Å². The van der Waals surface area contributed by atoms with Gasteiger partial charge in [-0.05, 0) is 79.4 Å². The number of alkyl halides is 3. The minimum Gasteiger partial charge on any atom is -0.393 e. The van der Waals surface area contributed by atoms with Gasteiger partial charge < -0.3 is 5.11 Å². The number of Topliss-reactive ketones (excluding diaryl/α,β-unsaturated/α-hetero) is 1. The van der Waals surface area contributed by atoms with Gasteiger partial charge in [-0.3, -0.25) is 4.79 Å². The molecule has 2 nitrogen and oxygen atoms in total. The number of aliphatic hydroxyl groups excluding tert-OH is 1. The standard InChI is InChI=1S/C20H25F3O2/c1-18-7-6-12-11-3-5-15(24)17(20(21,22)23)13(11)2-4-14(12)19(18)9-10(19)8-16(18)25/h10-12,14,16,25H,2-9H2,1H3/t10-,11+,12+,14+,16-,18+,19+/m0/s1. The van der Waals surface area contributed by atoms with Gasteiger partial charge in [0, 0.05) is 6.42 Å². The molecule has 4 fully saturated rings. The Kier molecular flexibility index (Phi) is 3.08. The molecule has 0 amide bonds. The molecule has 4 saturated carbocycles. The molecule has 0 bridgehead atoms. The summed E-state index contributed by atoms with van der Waals surface area (Å²) in [6, 6.07) is 0. The highest BCUT2D eigenvalue weighted by molar-refractivity contribution is 5.98. The van der Waals surface area contributed by atoms with Crippen LogP contribution in [0.5, 0.6) is 0 Å². The van der Waals surface area contributed by atoms with Gasteiger partial charge in [0.2, 0.25) is 0 Å². The van der Waals surface area contributed by atoms with Crippen LogP contribution in [-0.4, -0.2) is 23.2 Å². The van der Waals surface area contributed by atoms with E-state index in [0.717, 1.165) is 32.1 Å². The van der Waals surface area contributed by atoms with Crippen LogP contribution in [0.25, 0.3) is 0 Å². The molecule has 5 aliphatic rings. The van der Waals surface area contributed by atoms with E-state index in [-0.39, 0.29) is 35.2 Å². The summed E-state index contributed by atoms with van der Waals surface area (Å²) >= 11 is 0. The third-order valence-electron chi connectivity index (χ3n) is 8.89. The monoisotopic (exact) mass is 354 g/mol. The molecule has 7 atom stereocenters. The molecule has 5 rings (SSSR count). The van der Waals surface area contributed by atoms with Crippen molar-refractivity contribution < 1.29 is 23.1 Å². The van der Waals surface area contributed by atoms with E-state index in [1.165, 1.54) is 0 Å². The van der Waals surface area contributed by atoms with Crippen molar-refractivity contribution >= 4 is 5.78 Å². The second-order valence-corrected chi connectivity index (χ2v) is 9.42. The van der Waals surface area contributed by atoms with Gasteiger partial charge in [-0.25, -0.2) is 0 Å². The van der Waals surface area contributed by atoms with Crippen molar-refractivity contribution in [1.82, 2.24) is 0 Å². The van der Waals surface area contributed by atoms with Crippen molar-refractivity contribution in [2.75, 3.05) is 0 Å². The largest absolute Gasteiger partial charge is 0.419 e. The molecule has 1 N–H and O–H groups in total. The summed E-state index contributed by atoms with van der Waals surface area (Å²) in [5.41, 5.74) is -0.273. The third kappa shape index (κ3) is 1.84. The lowest BCUT2D eigenvalue weighted by Gasteiger charge is -2.56. The van der Waals surface area contributed by atoms with Crippen LogP contribution in [0.2, 0.25) is 0 Å². The maximum Gasteiger partial charge on any atom is 0.419 e. The normalized spacial score (nSPS) is 51.6. The molecule has 25 heavy (non-hydrogen) atoms. The fraction of sp³-hybridized carbons (Fsp3) is 0.850. The highest BCUT2D eigenvalue weighted by Crippen LogP contribution is 2.81. The maximum absolute atomic E-state index is 13.5. The van der Waals surface area contributed by atoms with Crippen molar-refractivity contribution in [3.8, 4) is 0 Å². The van der Waals surface area contributed by atoms with Crippen LogP contribution in [0.4, 0.5) is 13.2 Å². The fourth-order valence-corrected chi connectivity index (χ4v) is 7.85. The molecule has 1 spiro atoms. The van der Waals surface area contributed by atoms with Crippen molar-refractivity contribution in [3.63, 3.8) is 0 Å². The topological polar surface area (TPSA) is 37.3 Å². The molecule has 0 aromatic rings. The van der Waals surface area contributed by atoms with E-state index in [4.69, 9.17) is 0 Å². The molecule has 0 heterocycles. The second-order valence-electron chi connectivity index (χ2n) is 9.42. The Bertz CT molecular complexity index is 681. The van der Waals surface area contributed by atoms with Gasteiger partial charge in [0.15, 0.2) is 5.78 Å². The van der Waals surface area contributed by atoms with Crippen LogP contribution >= 0.6 is 0 Å². The number of hydrogen-bond donors (Lipinski definition) is 1. The molecule has 0 aliphatic heterocycles. The predicted molar refractivity (Wildman–Crippen MR) is 85.5 cm³/mol. The minimum absolute atomic E-state index is 0.0442. The predicted octanol–water partition coefficient (Wildman–Crippen LogP) is 4.42. The third-order valence-corrected chi connectivity index (χ3v) is 8.89. The van der Waals surface area contributed by atoms with Crippen LogP contribution in [0.15, 0.2) is 11.1 Å². The Hall–Kier alpha value is -0.840. The lowest BCUT2D eigenvalue weighted by Crippen LogP contribution is -2.51. The number of hydrogen-bond acceptors (Lipinski definition) is 2. The van der Waals surface area contributed by atoms with Crippen molar-refractivity contribution in [2.45, 2.75) is 70.6 Å². The smallest absolute Gasteiger partial charge is 0.393 e. The van der Waals surface area contributed by atoms with E-state index in [1.807, 2.05) is 0 Å². The molecule has 138 valence electrons. The number of carbonyl (C=O) groups excluding carboxylic acids is 1. The van der Waals surface area contributed by atoms with Gasteiger partial charge in [-0.15, -0.1) is 0 Å². The Balaban J connectivity index is 1.54. The van der Waals surface area contributed by atoms with E-state index in [1.54, 1.807) is 0 Å². The van der Waals surface area contributed by atoms with Crippen LogP contribution in [0, 0.1) is 34.5 Å². The zero-order chi connectivity index (χ0) is 17.8. The van der Waals surface area contributed by atoms with Gasteiger partial charge >= 0.3 is 6.18 Å². The number of allylic oxidation sites excluding steroid dienone is 1. The lowest BCUT2D eigenvalue weighted by atomic mass is 9.49. The van der Waals surface area contributed by atoms with Gasteiger partial charge in [0.05, 0.1) is 11.7 Å². The summed E-state index contributed by atoms with van der Waals surface area (Å²) in [4.78, 5) is 12.0. The van der Waals surface area contributed by atoms with Crippen molar-refractivity contribution in [2.24, 2.45) is 34.5 Å². The molecule has 5 aliphatic carbocycles. The molecule has 0 radical (unpaired) electrons. The Morgan fingerprint density at radius 3 is 2.64 bits per heavy atom. The van der Waals surface area contributed by atoms with E-state index < -0.39 is 17.5 Å². The zero-order valence-corrected chi connectivity index (χ0v) is 14.5. The Labute approximate surface area is 145 Å². The summed E-state index contributed by atoms with van der Waals surface area (Å²) < 4.78 is 40.5. The SMILES string of the molecule is C[C@]12CC[C@H]3[C@@H](CCC4=C(C(F)(F)F)C(=O)CC[C@@H]43)[C@]13C[C@@H]3C[C@@H]2O. The first-order chi connectivity index (χ1) is 11.7. The number of fused-ring (bicyclic) bond motifs is 3. The first-order valence-electron chi connectivity index (χ1n) is 9.71. The maximum atomic E-state index is 13.5. The number of carbonyl (C=O) groups is 1. The summed E-state index contributed by atoms with van der Waals surface area (Å²) in [5.74, 6) is 0.517. The molecule has 0 aromatic carbocycles. The van der Waals surface area contributed by atoms with Crippen LogP contribution < -0.4 is 0 Å². The van der Waals surface area contributed by atoms with E-state index in [9.17, 15) is 23.1 Å². The summed E-state index contributed by atoms with van der Waals surface area (Å²) in [6.45, 7) is 2.22. The van der Waals surface area contributed by atoms with Gasteiger partial charge in [0.1, 0.15) is 0 Å². The number of ketones is 1. The lowest BCUT2D eigenvalue weighted by molar-refractivity contribution is -0.133. The summed E-state index contributed by atoms with van der Waals surface area (Å²) in [6.07, 6.45) is 0.920. The first-order valence-corrected chi connectivity index (χ1v) is 9.71. The molecular formula is C20H25F3O2. The quantitative estimate of drug-likeness (QED) is 0.699. The minimum atomic E-state index is -4.51. The van der Waals surface area contributed by atoms with Crippen LogP contribution in [-0.2, 0) is 4.79 Å². The van der Waals surface area contributed by atoms with E-state index in [2.05, 4.69) is 6.92 Å². The highest BCUT2D eigenvalue weighted by atomic mass is 19.4. The van der Waals surface area contributed by atoms with Crippen LogP contribution in [0.3, 0.4) is 0 Å². The van der Waals surface area contributed by atoms with E-state index in [0.29, 0.717) is 30.3 Å². The second kappa shape index (κ2) is 4.71. The van der Waals surface area contributed by atoms with Gasteiger partial charge in [-0.1, -0.05) is 12.5 Å². The number of aliphatic hydroxyl groups is 1. The van der Waals surface area contributed by atoms with Crippen molar-refractivity contribution in [1.29, 1.82) is 0 Å². The molecule has 0 unspecified atom stereocenters. The molecule has 0 saturated heterocycles. The van der Waals surface area contributed by atoms with Gasteiger partial charge in [-0.2, -0.15) is 13.2 Å². The average Bonchev–Trinajstić information content (AvgIpc) is 3.18. The Morgan fingerprint density at radius 2 is 1.92 bits per heavy atom. The Morgan fingerprint density at radius 1 is 1.16 bits per heavy atom. The summed E-state index contributed by atoms with van der Waals surface area (Å²) in [7, 11) is 0. The number of halogens is 3. The van der Waals surface area contributed by atoms with Gasteiger partial charge in [0.25, 0.3) is 0 Å². The van der Waals surface area contributed by atoms with Crippen molar-refractivity contribution in [3.05, 3.63) is 11.1 Å². The highest BCUT2D eigenvalue weighted by Gasteiger charge is 2.77. The molecule has 5 heteroatoms. The fourth-order valence-electron chi connectivity index (χ4n) is 7.85. The summed E-state index contributed by atoms with van der Waals surface area (Å²) in [5, 5.41) is 10.6. The molecular weight excluding hydrogens is 329 g/mol. The zero-order valence-electron chi connectivity index (χ0n) is 14.5. The number of rotatable bonds is 0.